The molecule has 1 N–H and O–H groups in total. The number of para-hydroxylation sites is 1. The molecule has 1 saturated heterocycles. The van der Waals surface area contributed by atoms with Crippen LogP contribution in [-0.2, 0) is 10.3 Å². The maximum Gasteiger partial charge on any atom is 0.224 e. The van der Waals surface area contributed by atoms with Gasteiger partial charge in [-0.2, -0.15) is 0 Å². The van der Waals surface area contributed by atoms with E-state index in [1.54, 1.807) is 0 Å². The van der Waals surface area contributed by atoms with Crippen LogP contribution < -0.4 is 4.90 Å². The van der Waals surface area contributed by atoms with Crippen molar-refractivity contribution in [1.82, 2.24) is 14.8 Å². The molecule has 1 aliphatic rings. The molecule has 158 valence electrons. The highest BCUT2D eigenvalue weighted by Crippen LogP contribution is 2.37. The Morgan fingerprint density at radius 2 is 1.67 bits per heavy atom. The van der Waals surface area contributed by atoms with Gasteiger partial charge in [-0.05, 0) is 38.6 Å². The van der Waals surface area contributed by atoms with Crippen LogP contribution in [0.5, 0.6) is 0 Å². The number of nitrogens with zero attached hydrogens (tertiary/aromatic N) is 3. The monoisotopic (exact) mass is 404 g/mol. The zero-order chi connectivity index (χ0) is 21.1. The number of carbonyl (C=O) groups is 1. The number of aromatic nitrogens is 1. The van der Waals surface area contributed by atoms with Crippen molar-refractivity contribution in [3.63, 3.8) is 0 Å². The molecule has 0 unspecified atom stereocenters. The van der Waals surface area contributed by atoms with Crippen molar-refractivity contribution >= 4 is 22.5 Å². The van der Waals surface area contributed by atoms with Crippen molar-refractivity contribution in [1.29, 1.82) is 0 Å². The van der Waals surface area contributed by atoms with E-state index in [0.29, 0.717) is 13.0 Å². The molecule has 0 bridgehead atoms. The fourth-order valence-corrected chi connectivity index (χ4v) is 4.78. The summed E-state index contributed by atoms with van der Waals surface area (Å²) in [4.78, 5) is 22.8. The zero-order valence-electron chi connectivity index (χ0n) is 18.3. The van der Waals surface area contributed by atoms with Crippen molar-refractivity contribution < 1.29 is 4.79 Å². The number of piperidine rings is 1. The number of fused-ring (bicyclic) bond motifs is 1. The summed E-state index contributed by atoms with van der Waals surface area (Å²) in [6.07, 6.45) is 4.50. The van der Waals surface area contributed by atoms with Gasteiger partial charge in [0.05, 0.1) is 5.69 Å². The summed E-state index contributed by atoms with van der Waals surface area (Å²) in [5.74, 6) is 0.252. The number of anilines is 1. The smallest absolute Gasteiger partial charge is 0.224 e. The van der Waals surface area contributed by atoms with Crippen LogP contribution in [0.1, 0.15) is 24.8 Å². The molecular formula is C25H32N4O. The maximum absolute atomic E-state index is 12.9. The second-order valence-electron chi connectivity index (χ2n) is 8.56. The van der Waals surface area contributed by atoms with Crippen LogP contribution in [0.15, 0.2) is 60.8 Å². The molecule has 5 heteroatoms. The van der Waals surface area contributed by atoms with Gasteiger partial charge in [-0.1, -0.05) is 48.5 Å². The molecule has 4 rings (SSSR count). The number of rotatable bonds is 6. The summed E-state index contributed by atoms with van der Waals surface area (Å²) in [5.41, 5.74) is 3.63. The number of benzene rings is 2. The van der Waals surface area contributed by atoms with Gasteiger partial charge in [-0.25, -0.2) is 0 Å². The first-order valence-electron chi connectivity index (χ1n) is 10.8. The molecule has 0 spiro atoms. The fraction of sp³-hybridized carbons (Fsp3) is 0.400. The Kier molecular flexibility index (Phi) is 5.82. The predicted molar refractivity (Wildman–Crippen MR) is 124 cm³/mol. The van der Waals surface area contributed by atoms with E-state index in [-0.39, 0.29) is 11.4 Å². The molecule has 1 fully saturated rings. The van der Waals surface area contributed by atoms with Crippen LogP contribution >= 0.6 is 0 Å². The van der Waals surface area contributed by atoms with Gasteiger partial charge in [0.15, 0.2) is 0 Å². The van der Waals surface area contributed by atoms with Crippen LogP contribution in [0.4, 0.5) is 5.69 Å². The highest BCUT2D eigenvalue weighted by Gasteiger charge is 2.39. The van der Waals surface area contributed by atoms with Crippen LogP contribution in [-0.4, -0.2) is 61.5 Å². The first-order valence-corrected chi connectivity index (χ1v) is 10.8. The van der Waals surface area contributed by atoms with E-state index >= 15 is 0 Å². The standard InChI is InChI=1S/C25H32N4O/c1-27(2)25(20-9-5-4-6-10-20)14-17-29(18-15-25)24(30)13-16-28(3)23-19-26-22-12-8-7-11-21(22)23/h4-12,19,26H,13-18H2,1-3H3. The molecule has 0 radical (unpaired) electrons. The van der Waals surface area contributed by atoms with E-state index < -0.39 is 0 Å². The average molecular weight is 405 g/mol. The zero-order valence-corrected chi connectivity index (χ0v) is 18.3. The molecule has 0 aliphatic carbocycles. The molecule has 3 aromatic rings. The molecule has 1 aliphatic heterocycles. The minimum Gasteiger partial charge on any atom is -0.372 e. The van der Waals surface area contributed by atoms with E-state index in [9.17, 15) is 4.79 Å². The summed E-state index contributed by atoms with van der Waals surface area (Å²) >= 11 is 0. The summed E-state index contributed by atoms with van der Waals surface area (Å²) in [6.45, 7) is 2.33. The van der Waals surface area contributed by atoms with Gasteiger partial charge < -0.3 is 14.8 Å². The van der Waals surface area contributed by atoms with Gasteiger partial charge in [-0.15, -0.1) is 0 Å². The van der Waals surface area contributed by atoms with E-state index in [0.717, 1.165) is 37.1 Å². The average Bonchev–Trinajstić information content (AvgIpc) is 3.22. The van der Waals surface area contributed by atoms with Crippen LogP contribution in [0.3, 0.4) is 0 Å². The van der Waals surface area contributed by atoms with Crippen molar-refractivity contribution in [2.75, 3.05) is 45.7 Å². The van der Waals surface area contributed by atoms with E-state index in [1.165, 1.54) is 10.9 Å². The van der Waals surface area contributed by atoms with Crippen molar-refractivity contribution in [3.8, 4) is 0 Å². The van der Waals surface area contributed by atoms with E-state index in [1.807, 2.05) is 17.2 Å². The number of aromatic amines is 1. The summed E-state index contributed by atoms with van der Waals surface area (Å²) in [5, 5.41) is 1.20. The lowest BCUT2D eigenvalue weighted by molar-refractivity contribution is -0.133. The normalized spacial score (nSPS) is 16.2. The Morgan fingerprint density at radius 1 is 1.00 bits per heavy atom. The third kappa shape index (κ3) is 3.82. The van der Waals surface area contributed by atoms with E-state index in [4.69, 9.17) is 0 Å². The van der Waals surface area contributed by atoms with Gasteiger partial charge >= 0.3 is 0 Å². The lowest BCUT2D eigenvalue weighted by Crippen LogP contribution is -2.52. The minimum atomic E-state index is 0.0128. The second-order valence-corrected chi connectivity index (χ2v) is 8.56. The summed E-state index contributed by atoms with van der Waals surface area (Å²) in [6, 6.07) is 19.0. The number of amides is 1. The number of likely N-dealkylation sites (tertiary alicyclic amines) is 1. The van der Waals surface area contributed by atoms with Gasteiger partial charge in [0, 0.05) is 55.7 Å². The molecular weight excluding hydrogens is 372 g/mol. The number of nitrogens with one attached hydrogen (secondary N) is 1. The van der Waals surface area contributed by atoms with Gasteiger partial charge in [-0.3, -0.25) is 9.69 Å². The van der Waals surface area contributed by atoms with Crippen LogP contribution in [0.25, 0.3) is 10.9 Å². The Balaban J connectivity index is 1.36. The summed E-state index contributed by atoms with van der Waals surface area (Å²) in [7, 11) is 6.37. The van der Waals surface area contributed by atoms with Gasteiger partial charge in [0.1, 0.15) is 0 Å². The highest BCUT2D eigenvalue weighted by molar-refractivity contribution is 5.92. The predicted octanol–water partition coefficient (Wildman–Crippen LogP) is 4.07. The number of carbonyl (C=O) groups excluding carboxylic acids is 1. The van der Waals surface area contributed by atoms with Crippen molar-refractivity contribution in [2.24, 2.45) is 0 Å². The first-order chi connectivity index (χ1) is 14.5. The Labute approximate surface area is 179 Å². The largest absolute Gasteiger partial charge is 0.372 e. The Bertz CT molecular complexity index is 987. The lowest BCUT2D eigenvalue weighted by atomic mass is 9.79. The Hall–Kier alpha value is -2.79. The third-order valence-electron chi connectivity index (χ3n) is 6.75. The molecule has 0 saturated carbocycles. The van der Waals surface area contributed by atoms with Gasteiger partial charge in [0.25, 0.3) is 0 Å². The van der Waals surface area contributed by atoms with Crippen LogP contribution in [0, 0.1) is 0 Å². The first kappa shape index (κ1) is 20.5. The lowest BCUT2D eigenvalue weighted by Gasteiger charge is -2.46. The quantitative estimate of drug-likeness (QED) is 0.673. The second kappa shape index (κ2) is 8.52. The SMILES string of the molecule is CN(CCC(=O)N1CCC(c2ccccc2)(N(C)C)CC1)c1c[nH]c2ccccc12. The molecule has 5 nitrogen and oxygen atoms in total. The highest BCUT2D eigenvalue weighted by atomic mass is 16.2. The molecule has 2 aromatic carbocycles. The number of H-pyrrole nitrogens is 1. The number of hydrogen-bond donors (Lipinski definition) is 1. The van der Waals surface area contributed by atoms with Crippen LogP contribution in [0.2, 0.25) is 0 Å². The molecule has 0 atom stereocenters. The maximum atomic E-state index is 12.9. The minimum absolute atomic E-state index is 0.0128. The fourth-order valence-electron chi connectivity index (χ4n) is 4.78. The third-order valence-corrected chi connectivity index (χ3v) is 6.75. The Morgan fingerprint density at radius 3 is 2.37 bits per heavy atom. The van der Waals surface area contributed by atoms with Gasteiger partial charge in [0.2, 0.25) is 5.91 Å². The molecule has 1 amide bonds. The van der Waals surface area contributed by atoms with Crippen molar-refractivity contribution in [2.45, 2.75) is 24.8 Å². The van der Waals surface area contributed by atoms with Crippen molar-refractivity contribution in [3.05, 3.63) is 66.4 Å². The topological polar surface area (TPSA) is 42.6 Å². The molecule has 1 aromatic heterocycles. The molecule has 30 heavy (non-hydrogen) atoms. The number of hydrogen-bond acceptors (Lipinski definition) is 3. The molecule has 2 heterocycles. The summed E-state index contributed by atoms with van der Waals surface area (Å²) < 4.78 is 0. The van der Waals surface area contributed by atoms with E-state index in [2.05, 4.69) is 84.5 Å².